The number of ether oxygens (including phenoxy) is 1. The van der Waals surface area contributed by atoms with E-state index in [0.717, 1.165) is 12.1 Å². The third-order valence-corrected chi connectivity index (χ3v) is 9.22. The van der Waals surface area contributed by atoms with E-state index in [-0.39, 0.29) is 30.0 Å². The molecule has 0 spiro atoms. The van der Waals surface area contributed by atoms with Crippen molar-refractivity contribution in [3.8, 4) is 0 Å². The number of halogens is 5. The SMILES string of the molecule is CC1(S(=O)(=O)c2cccc(C(F)F)c2)CCOC(c2ncc(C(F)(F)F)cc2S(C)(=O)=O)C1. The zero-order valence-electron chi connectivity index (χ0n) is 17.4. The zero-order chi connectivity index (χ0) is 24.8. The molecule has 1 fully saturated rings. The molecule has 33 heavy (non-hydrogen) atoms. The second kappa shape index (κ2) is 8.58. The molecule has 3 rings (SSSR count). The molecule has 2 aromatic rings. The van der Waals surface area contributed by atoms with E-state index >= 15 is 0 Å². The molecule has 1 aliphatic heterocycles. The van der Waals surface area contributed by atoms with Gasteiger partial charge in [-0.2, -0.15) is 13.2 Å². The van der Waals surface area contributed by atoms with Crippen molar-refractivity contribution in [2.24, 2.45) is 0 Å². The van der Waals surface area contributed by atoms with Gasteiger partial charge in [-0.1, -0.05) is 12.1 Å². The highest BCUT2D eigenvalue weighted by Gasteiger charge is 2.46. The van der Waals surface area contributed by atoms with E-state index in [1.165, 1.54) is 19.1 Å². The van der Waals surface area contributed by atoms with Crippen LogP contribution >= 0.6 is 0 Å². The Balaban J connectivity index is 2.05. The number of benzene rings is 1. The molecule has 0 N–H and O–H groups in total. The minimum absolute atomic E-state index is 0.0421. The van der Waals surface area contributed by atoms with Gasteiger partial charge in [-0.3, -0.25) is 4.98 Å². The van der Waals surface area contributed by atoms with E-state index in [9.17, 15) is 38.8 Å². The van der Waals surface area contributed by atoms with Crippen molar-refractivity contribution < 1.29 is 43.5 Å². The van der Waals surface area contributed by atoms with E-state index in [4.69, 9.17) is 4.74 Å². The third kappa shape index (κ3) is 5.04. The van der Waals surface area contributed by atoms with E-state index in [1.54, 1.807) is 0 Å². The number of sulfone groups is 2. The van der Waals surface area contributed by atoms with Crippen LogP contribution < -0.4 is 0 Å². The number of nitrogens with zero attached hydrogens (tertiary/aromatic N) is 1. The summed E-state index contributed by atoms with van der Waals surface area (Å²) in [6.07, 6.45) is -8.18. The van der Waals surface area contributed by atoms with Crippen LogP contribution in [-0.4, -0.2) is 39.4 Å². The number of hydrogen-bond donors (Lipinski definition) is 0. The molecule has 1 aromatic heterocycles. The van der Waals surface area contributed by atoms with Crippen molar-refractivity contribution in [2.75, 3.05) is 12.9 Å². The standard InChI is InChI=1S/C20H20F5NO5S2/c1-19(33(29,30)14-5-3-4-12(8-14)18(21)22)6-7-31-15(10-19)17-16(32(2,27)28)9-13(11-26-17)20(23,24)25/h3-5,8-9,11,15,18H,6-7,10H2,1-2H3. The first-order chi connectivity index (χ1) is 15.1. The molecule has 0 saturated carbocycles. The Kier molecular flexibility index (Phi) is 6.63. The Morgan fingerprint density at radius 2 is 1.82 bits per heavy atom. The van der Waals surface area contributed by atoms with E-state index in [0.29, 0.717) is 18.5 Å². The van der Waals surface area contributed by atoms with Crippen LogP contribution in [-0.2, 0) is 30.6 Å². The van der Waals surface area contributed by atoms with Crippen LogP contribution in [0.2, 0.25) is 0 Å². The van der Waals surface area contributed by atoms with Gasteiger partial charge in [0, 0.05) is 24.6 Å². The van der Waals surface area contributed by atoms with Gasteiger partial charge in [-0.15, -0.1) is 0 Å². The Bertz CT molecular complexity index is 1260. The maximum Gasteiger partial charge on any atom is 0.417 e. The minimum Gasteiger partial charge on any atom is -0.372 e. The van der Waals surface area contributed by atoms with Gasteiger partial charge in [-0.25, -0.2) is 25.6 Å². The highest BCUT2D eigenvalue weighted by Crippen LogP contribution is 2.43. The summed E-state index contributed by atoms with van der Waals surface area (Å²) >= 11 is 0. The van der Waals surface area contributed by atoms with Gasteiger partial charge < -0.3 is 4.74 Å². The topological polar surface area (TPSA) is 90.4 Å². The summed E-state index contributed by atoms with van der Waals surface area (Å²) in [5.41, 5.74) is -2.10. The maximum absolute atomic E-state index is 13.3. The first-order valence-corrected chi connectivity index (χ1v) is 13.0. The van der Waals surface area contributed by atoms with Crippen molar-refractivity contribution >= 4 is 19.7 Å². The van der Waals surface area contributed by atoms with Gasteiger partial charge >= 0.3 is 6.18 Å². The second-order valence-corrected chi connectivity index (χ2v) is 12.5. The number of aromatic nitrogens is 1. The van der Waals surface area contributed by atoms with Gasteiger partial charge in [0.2, 0.25) is 0 Å². The Morgan fingerprint density at radius 1 is 1.15 bits per heavy atom. The molecule has 6 nitrogen and oxygen atoms in total. The van der Waals surface area contributed by atoms with Gasteiger partial charge in [0.05, 0.1) is 25.8 Å². The molecular formula is C20H20F5NO5S2. The largest absolute Gasteiger partial charge is 0.417 e. The number of pyridine rings is 1. The van der Waals surface area contributed by atoms with E-state index in [2.05, 4.69) is 4.98 Å². The van der Waals surface area contributed by atoms with Crippen LogP contribution in [0.3, 0.4) is 0 Å². The van der Waals surface area contributed by atoms with E-state index in [1.807, 2.05) is 0 Å². The van der Waals surface area contributed by atoms with Crippen LogP contribution in [0.25, 0.3) is 0 Å². The van der Waals surface area contributed by atoms with Gasteiger partial charge in [0.15, 0.2) is 19.7 Å². The number of hydrogen-bond acceptors (Lipinski definition) is 6. The van der Waals surface area contributed by atoms with Gasteiger partial charge in [0.25, 0.3) is 6.43 Å². The molecule has 182 valence electrons. The second-order valence-electron chi connectivity index (χ2n) is 8.02. The van der Waals surface area contributed by atoms with Crippen molar-refractivity contribution in [3.63, 3.8) is 0 Å². The highest BCUT2D eigenvalue weighted by atomic mass is 32.2. The molecule has 1 aliphatic rings. The van der Waals surface area contributed by atoms with Gasteiger partial charge in [-0.05, 0) is 38.0 Å². The molecule has 2 heterocycles. The summed E-state index contributed by atoms with van der Waals surface area (Å²) in [7, 11) is -8.39. The molecule has 2 atom stereocenters. The average Bonchev–Trinajstić information content (AvgIpc) is 2.72. The van der Waals surface area contributed by atoms with Crippen LogP contribution in [0.15, 0.2) is 46.3 Å². The summed E-state index contributed by atoms with van der Waals surface area (Å²) in [4.78, 5) is 2.62. The Hall–Kier alpha value is -2.12. The fraction of sp³-hybridized carbons (Fsp3) is 0.450. The molecule has 2 unspecified atom stereocenters. The quantitative estimate of drug-likeness (QED) is 0.546. The summed E-state index contributed by atoms with van der Waals surface area (Å²) in [5, 5.41) is 0. The molecule has 1 aromatic carbocycles. The monoisotopic (exact) mass is 513 g/mol. The lowest BCUT2D eigenvalue weighted by atomic mass is 9.94. The Morgan fingerprint density at radius 3 is 2.39 bits per heavy atom. The summed E-state index contributed by atoms with van der Waals surface area (Å²) < 4.78 is 120. The van der Waals surface area contributed by atoms with Crippen molar-refractivity contribution in [1.29, 1.82) is 0 Å². The van der Waals surface area contributed by atoms with Crippen LogP contribution in [0, 0.1) is 0 Å². The summed E-state index contributed by atoms with van der Waals surface area (Å²) in [5.74, 6) is 0. The smallest absolute Gasteiger partial charge is 0.372 e. The fourth-order valence-electron chi connectivity index (χ4n) is 3.64. The van der Waals surface area contributed by atoms with Gasteiger partial charge in [0.1, 0.15) is 6.10 Å². The normalized spacial score (nSPS) is 22.5. The van der Waals surface area contributed by atoms with Crippen LogP contribution in [0.5, 0.6) is 0 Å². The first-order valence-electron chi connectivity index (χ1n) is 9.58. The minimum atomic E-state index is -4.84. The predicted molar refractivity (Wildman–Crippen MR) is 107 cm³/mol. The lowest BCUT2D eigenvalue weighted by Gasteiger charge is -2.37. The molecule has 0 radical (unpaired) electrons. The molecule has 0 amide bonds. The number of rotatable bonds is 5. The van der Waals surface area contributed by atoms with Crippen LogP contribution in [0.4, 0.5) is 22.0 Å². The third-order valence-electron chi connectivity index (χ3n) is 5.55. The first kappa shape index (κ1) is 25.5. The maximum atomic E-state index is 13.3. The zero-order valence-corrected chi connectivity index (χ0v) is 19.1. The highest BCUT2D eigenvalue weighted by molar-refractivity contribution is 7.92. The molecule has 13 heteroatoms. The fourth-order valence-corrected chi connectivity index (χ4v) is 6.39. The van der Waals surface area contributed by atoms with Crippen molar-refractivity contribution in [2.45, 2.75) is 53.0 Å². The average molecular weight is 514 g/mol. The summed E-state index contributed by atoms with van der Waals surface area (Å²) in [6.45, 7) is 1.19. The lowest BCUT2D eigenvalue weighted by molar-refractivity contribution is -0.138. The van der Waals surface area contributed by atoms with Crippen molar-refractivity contribution in [3.05, 3.63) is 53.3 Å². The molecule has 0 aliphatic carbocycles. The lowest BCUT2D eigenvalue weighted by Crippen LogP contribution is -2.42. The van der Waals surface area contributed by atoms with E-state index < -0.39 is 59.1 Å². The Labute approximate surface area is 187 Å². The molecule has 1 saturated heterocycles. The summed E-state index contributed by atoms with van der Waals surface area (Å²) in [6, 6.07) is 4.76. The molecule has 0 bridgehead atoms. The predicted octanol–water partition coefficient (Wildman–Crippen LogP) is 4.53. The van der Waals surface area contributed by atoms with Crippen molar-refractivity contribution in [1.82, 2.24) is 4.98 Å². The number of alkyl halides is 5. The molecular weight excluding hydrogens is 493 g/mol. The van der Waals surface area contributed by atoms with Crippen LogP contribution in [0.1, 0.15) is 49.1 Å².